The zero-order valence-electron chi connectivity index (χ0n) is 18.1. The van der Waals surface area contributed by atoms with Crippen LogP contribution in [0.15, 0.2) is 48.5 Å². The van der Waals surface area contributed by atoms with E-state index in [4.69, 9.17) is 27.9 Å². The number of nitro groups is 1. The van der Waals surface area contributed by atoms with Crippen LogP contribution in [0.3, 0.4) is 0 Å². The number of nitrogens with zero attached hydrogens (tertiary/aromatic N) is 2. The average Bonchev–Trinajstić information content (AvgIpc) is 3.07. The van der Waals surface area contributed by atoms with E-state index in [1.165, 1.54) is 48.5 Å². The number of imide groups is 1. The largest absolute Gasteiger partial charge is 0.452 e. The lowest BCUT2D eigenvalue weighted by atomic mass is 9.80. The number of halogens is 2. The van der Waals surface area contributed by atoms with Crippen molar-refractivity contribution in [1.29, 1.82) is 0 Å². The Balaban J connectivity index is 1.41. The molecule has 3 amide bonds. The Bertz CT molecular complexity index is 1190. The van der Waals surface area contributed by atoms with Crippen molar-refractivity contribution in [3.8, 4) is 0 Å². The number of ether oxygens (including phenoxy) is 1. The summed E-state index contributed by atoms with van der Waals surface area (Å²) in [5, 5.41) is 12.4. The molecule has 1 heterocycles. The standard InChI is InChI=1S/C23H19Cl2N3O7/c24-18-9-16-17(10-19(18)25)22(31)27(21(16)30)14-5-1-3-12(7-14)23(32)35-11-20(29)26-13-4-2-6-15(8-13)28(33)34/h1-8,16-19H,9-11H2,(H,26,29)/t16-,17+,18+,19-. The Morgan fingerprint density at radius 2 is 1.66 bits per heavy atom. The lowest BCUT2D eigenvalue weighted by Crippen LogP contribution is -2.34. The molecule has 2 aromatic rings. The van der Waals surface area contributed by atoms with E-state index in [1.54, 1.807) is 0 Å². The summed E-state index contributed by atoms with van der Waals surface area (Å²) in [7, 11) is 0. The molecule has 182 valence electrons. The van der Waals surface area contributed by atoms with Crippen LogP contribution in [0.5, 0.6) is 0 Å². The minimum absolute atomic E-state index is 0.0339. The van der Waals surface area contributed by atoms with Gasteiger partial charge in [0.1, 0.15) is 0 Å². The van der Waals surface area contributed by atoms with Crippen LogP contribution >= 0.6 is 23.2 Å². The van der Waals surface area contributed by atoms with Gasteiger partial charge in [-0.25, -0.2) is 4.79 Å². The molecule has 0 spiro atoms. The third kappa shape index (κ3) is 5.13. The summed E-state index contributed by atoms with van der Waals surface area (Å²) in [6.45, 7) is -0.647. The number of amides is 3. The van der Waals surface area contributed by atoms with Crippen molar-refractivity contribution >= 4 is 64.0 Å². The van der Waals surface area contributed by atoms with E-state index in [0.29, 0.717) is 12.8 Å². The van der Waals surface area contributed by atoms with Crippen LogP contribution in [0.1, 0.15) is 23.2 Å². The summed E-state index contributed by atoms with van der Waals surface area (Å²) in [5.74, 6) is -3.46. The molecule has 0 unspecified atom stereocenters. The minimum atomic E-state index is -0.848. The molecule has 12 heteroatoms. The number of nitro benzene ring substituents is 1. The fourth-order valence-electron chi connectivity index (χ4n) is 4.23. The van der Waals surface area contributed by atoms with Gasteiger partial charge in [0, 0.05) is 17.8 Å². The SMILES string of the molecule is O=C(COC(=O)c1cccc(N2C(=O)[C@H]3C[C@@H](Cl)[C@@H](Cl)C[C@H]3C2=O)c1)Nc1cccc([N+](=O)[O-])c1. The highest BCUT2D eigenvalue weighted by Gasteiger charge is 2.52. The van der Waals surface area contributed by atoms with Crippen molar-refractivity contribution in [2.75, 3.05) is 16.8 Å². The summed E-state index contributed by atoms with van der Waals surface area (Å²) in [6.07, 6.45) is 0.589. The van der Waals surface area contributed by atoms with E-state index >= 15 is 0 Å². The van der Waals surface area contributed by atoms with Gasteiger partial charge in [-0.15, -0.1) is 23.2 Å². The monoisotopic (exact) mass is 519 g/mol. The van der Waals surface area contributed by atoms with Crippen LogP contribution in [0.2, 0.25) is 0 Å². The fourth-order valence-corrected chi connectivity index (χ4v) is 4.82. The molecule has 4 rings (SSSR count). The number of esters is 1. The molecule has 4 atom stereocenters. The van der Waals surface area contributed by atoms with E-state index in [0.717, 1.165) is 4.90 Å². The molecule has 0 radical (unpaired) electrons. The van der Waals surface area contributed by atoms with Crippen LogP contribution in [0.25, 0.3) is 0 Å². The number of non-ortho nitro benzene ring substituents is 1. The Hall–Kier alpha value is -3.50. The second kappa shape index (κ2) is 10.0. The topological polar surface area (TPSA) is 136 Å². The Morgan fingerprint density at radius 3 is 2.29 bits per heavy atom. The Kier molecular flexibility index (Phi) is 7.04. The first-order chi connectivity index (χ1) is 16.7. The molecule has 1 aliphatic heterocycles. The molecule has 2 aromatic carbocycles. The number of hydrogen-bond donors (Lipinski definition) is 1. The van der Waals surface area contributed by atoms with E-state index in [2.05, 4.69) is 5.32 Å². The van der Waals surface area contributed by atoms with Crippen molar-refractivity contribution < 1.29 is 28.8 Å². The fraction of sp³-hybridized carbons (Fsp3) is 0.304. The summed E-state index contributed by atoms with van der Waals surface area (Å²) >= 11 is 12.4. The number of anilines is 2. The highest BCUT2D eigenvalue weighted by Crippen LogP contribution is 2.43. The molecule has 1 saturated carbocycles. The van der Waals surface area contributed by atoms with E-state index in [-0.39, 0.29) is 22.6 Å². The summed E-state index contributed by atoms with van der Waals surface area (Å²) < 4.78 is 5.03. The molecule has 2 aliphatic rings. The molecule has 10 nitrogen and oxygen atoms in total. The molecule has 1 saturated heterocycles. The van der Waals surface area contributed by atoms with Gasteiger partial charge in [0.2, 0.25) is 11.8 Å². The predicted molar refractivity (Wildman–Crippen MR) is 126 cm³/mol. The Labute approximate surface area is 209 Å². The highest BCUT2D eigenvalue weighted by molar-refractivity contribution is 6.31. The number of alkyl halides is 2. The number of nitrogens with one attached hydrogen (secondary N) is 1. The number of carbonyl (C=O) groups is 4. The molecule has 0 bridgehead atoms. The van der Waals surface area contributed by atoms with Gasteiger partial charge in [-0.05, 0) is 37.1 Å². The average molecular weight is 520 g/mol. The third-order valence-electron chi connectivity index (χ3n) is 5.93. The van der Waals surface area contributed by atoms with Gasteiger partial charge in [0.05, 0.1) is 38.8 Å². The van der Waals surface area contributed by atoms with Crippen LogP contribution < -0.4 is 10.2 Å². The van der Waals surface area contributed by atoms with Gasteiger partial charge < -0.3 is 10.1 Å². The predicted octanol–water partition coefficient (Wildman–Crippen LogP) is 3.50. The first kappa shape index (κ1) is 24.6. The molecule has 1 N–H and O–H groups in total. The number of fused-ring (bicyclic) bond motifs is 1. The van der Waals surface area contributed by atoms with Gasteiger partial charge in [0.15, 0.2) is 6.61 Å². The summed E-state index contributed by atoms with van der Waals surface area (Å²) in [5.41, 5.74) is 0.215. The normalized spacial score (nSPS) is 23.5. The number of hydrogen-bond acceptors (Lipinski definition) is 7. The molecule has 0 aromatic heterocycles. The minimum Gasteiger partial charge on any atom is -0.452 e. The first-order valence-corrected chi connectivity index (χ1v) is 11.5. The van der Waals surface area contributed by atoms with Crippen LogP contribution in [-0.4, -0.2) is 46.0 Å². The highest BCUT2D eigenvalue weighted by atomic mass is 35.5. The zero-order valence-corrected chi connectivity index (χ0v) is 19.6. The zero-order chi connectivity index (χ0) is 25.3. The molecular weight excluding hydrogens is 501 g/mol. The van der Waals surface area contributed by atoms with Gasteiger partial charge in [-0.1, -0.05) is 12.1 Å². The third-order valence-corrected chi connectivity index (χ3v) is 7.02. The molecule has 35 heavy (non-hydrogen) atoms. The maximum Gasteiger partial charge on any atom is 0.338 e. The van der Waals surface area contributed by atoms with E-state index < -0.39 is 57.8 Å². The van der Waals surface area contributed by atoms with Crippen molar-refractivity contribution in [2.45, 2.75) is 23.6 Å². The van der Waals surface area contributed by atoms with Crippen LogP contribution in [0, 0.1) is 22.0 Å². The van der Waals surface area contributed by atoms with Gasteiger partial charge in [-0.3, -0.25) is 29.4 Å². The molecule has 1 aliphatic carbocycles. The summed E-state index contributed by atoms with van der Waals surface area (Å²) in [4.78, 5) is 61.8. The Morgan fingerprint density at radius 1 is 1.03 bits per heavy atom. The van der Waals surface area contributed by atoms with Crippen molar-refractivity contribution in [3.63, 3.8) is 0 Å². The maximum atomic E-state index is 12.9. The first-order valence-electron chi connectivity index (χ1n) is 10.6. The van der Waals surface area contributed by atoms with Crippen LogP contribution in [-0.2, 0) is 19.1 Å². The van der Waals surface area contributed by atoms with E-state index in [9.17, 15) is 29.3 Å². The van der Waals surface area contributed by atoms with Gasteiger partial charge in [-0.2, -0.15) is 0 Å². The quantitative estimate of drug-likeness (QED) is 0.202. The lowest BCUT2D eigenvalue weighted by Gasteiger charge is -2.28. The smallest absolute Gasteiger partial charge is 0.338 e. The second-order valence-electron chi connectivity index (χ2n) is 8.21. The molecule has 2 fully saturated rings. The van der Waals surface area contributed by atoms with E-state index in [1.807, 2.05) is 0 Å². The summed E-state index contributed by atoms with van der Waals surface area (Å²) in [6, 6.07) is 11.1. The van der Waals surface area contributed by atoms with Crippen LogP contribution in [0.4, 0.5) is 17.1 Å². The molecular formula is C23H19Cl2N3O7. The number of benzene rings is 2. The van der Waals surface area contributed by atoms with Gasteiger partial charge >= 0.3 is 5.97 Å². The van der Waals surface area contributed by atoms with Gasteiger partial charge in [0.25, 0.3) is 11.6 Å². The van der Waals surface area contributed by atoms with Crippen molar-refractivity contribution in [1.82, 2.24) is 0 Å². The lowest BCUT2D eigenvalue weighted by molar-refractivity contribution is -0.384. The number of carbonyl (C=O) groups excluding carboxylic acids is 4. The number of rotatable bonds is 6. The van der Waals surface area contributed by atoms with Crippen molar-refractivity contribution in [3.05, 3.63) is 64.2 Å². The maximum absolute atomic E-state index is 12.9. The second-order valence-corrected chi connectivity index (χ2v) is 9.33. The van der Waals surface area contributed by atoms with Crippen molar-refractivity contribution in [2.24, 2.45) is 11.8 Å².